The van der Waals surface area contributed by atoms with E-state index in [0.29, 0.717) is 6.10 Å². The van der Waals surface area contributed by atoms with Gasteiger partial charge in [0.05, 0.1) is 12.7 Å². The summed E-state index contributed by atoms with van der Waals surface area (Å²) in [5.74, 6) is 5.58. The van der Waals surface area contributed by atoms with E-state index in [1.165, 1.54) is 0 Å². The molecule has 0 bridgehead atoms. The molecule has 0 aromatic carbocycles. The third kappa shape index (κ3) is 2.02. The van der Waals surface area contributed by atoms with Gasteiger partial charge in [0.2, 0.25) is 6.29 Å². The molecule has 0 radical (unpaired) electrons. The summed E-state index contributed by atoms with van der Waals surface area (Å²) in [7, 11) is 0. The van der Waals surface area contributed by atoms with Crippen LogP contribution in [0.4, 0.5) is 0 Å². The first kappa shape index (κ1) is 7.59. The zero-order valence-corrected chi connectivity index (χ0v) is 6.39. The minimum absolute atomic E-state index is 0.284. The van der Waals surface area contributed by atoms with Gasteiger partial charge in [-0.15, -0.1) is 5.92 Å². The largest absolute Gasteiger partial charge is 0.342 e. The molecule has 1 saturated heterocycles. The molecule has 1 fully saturated rings. The van der Waals surface area contributed by atoms with Crippen LogP contribution < -0.4 is 0 Å². The molecule has 0 spiro atoms. The Hall–Kier alpha value is -0.520. The maximum absolute atomic E-state index is 5.33. The zero-order valence-electron chi connectivity index (χ0n) is 6.39. The molecule has 0 aliphatic carbocycles. The van der Waals surface area contributed by atoms with Gasteiger partial charge in [0.25, 0.3) is 0 Å². The van der Waals surface area contributed by atoms with E-state index in [1.54, 1.807) is 6.92 Å². The molecular weight excluding hydrogens is 128 g/mol. The van der Waals surface area contributed by atoms with Gasteiger partial charge in [-0.3, -0.25) is 0 Å². The standard InChI is InChI=1S/C8H12O2/c1-3-4-8-9-6-5-7(2)10-8/h7-8H,5-6H2,1-2H3. The summed E-state index contributed by atoms with van der Waals surface area (Å²) < 4.78 is 10.5. The van der Waals surface area contributed by atoms with Crippen molar-refractivity contribution < 1.29 is 9.47 Å². The first-order chi connectivity index (χ1) is 4.83. The smallest absolute Gasteiger partial charge is 0.222 e. The Morgan fingerprint density at radius 3 is 2.90 bits per heavy atom. The molecule has 0 N–H and O–H groups in total. The van der Waals surface area contributed by atoms with Gasteiger partial charge in [-0.2, -0.15) is 0 Å². The Labute approximate surface area is 61.5 Å². The van der Waals surface area contributed by atoms with E-state index in [1.807, 2.05) is 6.92 Å². The molecule has 0 aromatic heterocycles. The quantitative estimate of drug-likeness (QED) is 0.470. The van der Waals surface area contributed by atoms with Crippen LogP contribution in [0.2, 0.25) is 0 Å². The highest BCUT2D eigenvalue weighted by molar-refractivity contribution is 4.99. The van der Waals surface area contributed by atoms with Crippen molar-refractivity contribution in [3.05, 3.63) is 0 Å². The van der Waals surface area contributed by atoms with Gasteiger partial charge < -0.3 is 9.47 Å². The normalized spacial score (nSPS) is 32.6. The van der Waals surface area contributed by atoms with Crippen LogP contribution >= 0.6 is 0 Å². The summed E-state index contributed by atoms with van der Waals surface area (Å²) in [5.41, 5.74) is 0. The van der Waals surface area contributed by atoms with Crippen molar-refractivity contribution in [2.75, 3.05) is 6.61 Å². The van der Waals surface area contributed by atoms with Crippen molar-refractivity contribution in [3.8, 4) is 11.8 Å². The van der Waals surface area contributed by atoms with Crippen LogP contribution in [-0.4, -0.2) is 19.0 Å². The molecule has 0 aromatic rings. The summed E-state index contributed by atoms with van der Waals surface area (Å²) in [6, 6.07) is 0. The van der Waals surface area contributed by atoms with E-state index in [2.05, 4.69) is 11.8 Å². The lowest BCUT2D eigenvalue weighted by Gasteiger charge is -2.24. The number of hydrogen-bond donors (Lipinski definition) is 0. The first-order valence-electron chi connectivity index (χ1n) is 3.52. The van der Waals surface area contributed by atoms with Crippen molar-refractivity contribution in [1.29, 1.82) is 0 Å². The second kappa shape index (κ2) is 3.60. The molecule has 2 heteroatoms. The van der Waals surface area contributed by atoms with Gasteiger partial charge in [0.1, 0.15) is 0 Å². The third-order valence-corrected chi connectivity index (χ3v) is 1.41. The fourth-order valence-corrected chi connectivity index (χ4v) is 0.853. The Morgan fingerprint density at radius 2 is 2.30 bits per heavy atom. The third-order valence-electron chi connectivity index (χ3n) is 1.41. The maximum Gasteiger partial charge on any atom is 0.222 e. The summed E-state index contributed by atoms with van der Waals surface area (Å²) in [6.07, 6.45) is 0.982. The summed E-state index contributed by atoms with van der Waals surface area (Å²) in [4.78, 5) is 0. The minimum Gasteiger partial charge on any atom is -0.342 e. The number of hydrogen-bond acceptors (Lipinski definition) is 2. The average Bonchev–Trinajstić information content (AvgIpc) is 1.88. The minimum atomic E-state index is -0.284. The van der Waals surface area contributed by atoms with Gasteiger partial charge in [-0.25, -0.2) is 0 Å². The number of rotatable bonds is 0. The topological polar surface area (TPSA) is 18.5 Å². The predicted molar refractivity (Wildman–Crippen MR) is 38.4 cm³/mol. The van der Waals surface area contributed by atoms with Gasteiger partial charge in [-0.05, 0) is 26.2 Å². The molecule has 56 valence electrons. The van der Waals surface area contributed by atoms with Gasteiger partial charge in [-0.1, -0.05) is 0 Å². The second-order valence-electron chi connectivity index (χ2n) is 2.33. The van der Waals surface area contributed by atoms with Crippen molar-refractivity contribution in [3.63, 3.8) is 0 Å². The average molecular weight is 140 g/mol. The first-order valence-corrected chi connectivity index (χ1v) is 3.52. The van der Waals surface area contributed by atoms with E-state index >= 15 is 0 Å². The predicted octanol–water partition coefficient (Wildman–Crippen LogP) is 1.16. The van der Waals surface area contributed by atoms with Crippen LogP contribution in [0.25, 0.3) is 0 Å². The van der Waals surface area contributed by atoms with Gasteiger partial charge in [0.15, 0.2) is 0 Å². The van der Waals surface area contributed by atoms with E-state index in [0.717, 1.165) is 13.0 Å². The molecule has 0 amide bonds. The van der Waals surface area contributed by atoms with Crippen LogP contribution in [0.5, 0.6) is 0 Å². The molecule has 1 heterocycles. The Balaban J connectivity index is 2.37. The SMILES string of the molecule is CC#CC1OCCC(C)O1. The van der Waals surface area contributed by atoms with Crippen LogP contribution in [0.1, 0.15) is 20.3 Å². The van der Waals surface area contributed by atoms with Crippen LogP contribution in [0.3, 0.4) is 0 Å². The maximum atomic E-state index is 5.33. The van der Waals surface area contributed by atoms with Crippen molar-refractivity contribution in [1.82, 2.24) is 0 Å². The lowest BCUT2D eigenvalue weighted by Crippen LogP contribution is -2.29. The highest BCUT2D eigenvalue weighted by Gasteiger charge is 2.16. The highest BCUT2D eigenvalue weighted by atomic mass is 16.7. The zero-order chi connectivity index (χ0) is 7.40. The van der Waals surface area contributed by atoms with Crippen molar-refractivity contribution in [2.45, 2.75) is 32.7 Å². The van der Waals surface area contributed by atoms with Crippen molar-refractivity contribution >= 4 is 0 Å². The summed E-state index contributed by atoms with van der Waals surface area (Å²) in [6.45, 7) is 4.58. The molecule has 2 atom stereocenters. The Kier molecular flexibility index (Phi) is 2.73. The summed E-state index contributed by atoms with van der Waals surface area (Å²) in [5, 5.41) is 0. The molecule has 1 aliphatic rings. The molecule has 1 rings (SSSR count). The molecular formula is C8H12O2. The molecule has 2 unspecified atom stereocenters. The van der Waals surface area contributed by atoms with E-state index in [4.69, 9.17) is 9.47 Å². The molecule has 2 nitrogen and oxygen atoms in total. The van der Waals surface area contributed by atoms with Crippen LogP contribution in [-0.2, 0) is 9.47 Å². The van der Waals surface area contributed by atoms with E-state index in [9.17, 15) is 0 Å². The van der Waals surface area contributed by atoms with Crippen molar-refractivity contribution in [2.24, 2.45) is 0 Å². The van der Waals surface area contributed by atoms with Gasteiger partial charge in [0, 0.05) is 0 Å². The molecule has 1 aliphatic heterocycles. The highest BCUT2D eigenvalue weighted by Crippen LogP contribution is 2.10. The Morgan fingerprint density at radius 1 is 1.50 bits per heavy atom. The van der Waals surface area contributed by atoms with E-state index < -0.39 is 0 Å². The molecule has 10 heavy (non-hydrogen) atoms. The lowest BCUT2D eigenvalue weighted by atomic mass is 10.3. The fraction of sp³-hybridized carbons (Fsp3) is 0.750. The summed E-state index contributed by atoms with van der Waals surface area (Å²) >= 11 is 0. The monoisotopic (exact) mass is 140 g/mol. The van der Waals surface area contributed by atoms with Crippen LogP contribution in [0, 0.1) is 11.8 Å². The Bertz CT molecular complexity index is 154. The van der Waals surface area contributed by atoms with Crippen LogP contribution in [0.15, 0.2) is 0 Å². The molecule has 0 saturated carbocycles. The van der Waals surface area contributed by atoms with E-state index in [-0.39, 0.29) is 6.29 Å². The second-order valence-corrected chi connectivity index (χ2v) is 2.33. The number of ether oxygens (including phenoxy) is 2. The van der Waals surface area contributed by atoms with Gasteiger partial charge >= 0.3 is 0 Å². The fourth-order valence-electron chi connectivity index (χ4n) is 0.853. The lowest BCUT2D eigenvalue weighted by molar-refractivity contribution is -0.176.